The topological polar surface area (TPSA) is 80.8 Å². The predicted octanol–water partition coefficient (Wildman–Crippen LogP) is 2.47. The van der Waals surface area contributed by atoms with E-state index in [1.165, 1.54) is 0 Å². The lowest BCUT2D eigenvalue weighted by molar-refractivity contribution is -0.160. The largest absolute Gasteiger partial charge is 0.456 e. The van der Waals surface area contributed by atoms with Crippen LogP contribution in [0.1, 0.15) is 43.5 Å². The van der Waals surface area contributed by atoms with E-state index in [1.807, 2.05) is 0 Å². The lowest BCUT2D eigenvalue weighted by Crippen LogP contribution is -2.50. The molecule has 1 aromatic carbocycles. The third-order valence-electron chi connectivity index (χ3n) is 6.55. The van der Waals surface area contributed by atoms with Gasteiger partial charge in [-0.25, -0.2) is 4.79 Å². The van der Waals surface area contributed by atoms with Gasteiger partial charge in [-0.1, -0.05) is 44.2 Å². The second-order valence-electron chi connectivity index (χ2n) is 8.52. The monoisotopic (exact) mass is 383 g/mol. The van der Waals surface area contributed by atoms with Gasteiger partial charge in [-0.3, -0.25) is 19.3 Å². The number of ether oxygens (including phenoxy) is 1. The van der Waals surface area contributed by atoms with Crippen LogP contribution >= 0.6 is 0 Å². The minimum atomic E-state index is -0.978. The maximum Gasteiger partial charge on any atom is 0.330 e. The van der Waals surface area contributed by atoms with Crippen molar-refractivity contribution < 1.29 is 23.9 Å². The smallest absolute Gasteiger partial charge is 0.330 e. The van der Waals surface area contributed by atoms with E-state index in [0.717, 1.165) is 24.2 Å². The zero-order valence-corrected chi connectivity index (χ0v) is 16.2. The van der Waals surface area contributed by atoms with Crippen molar-refractivity contribution in [2.24, 2.45) is 29.6 Å². The Bertz CT molecular complexity index is 789. The van der Waals surface area contributed by atoms with E-state index >= 15 is 0 Å². The van der Waals surface area contributed by atoms with E-state index in [1.54, 1.807) is 44.2 Å². The number of hydrogen-bond donors (Lipinski definition) is 0. The molecule has 0 radical (unpaired) electrons. The fourth-order valence-electron chi connectivity index (χ4n) is 5.31. The first-order valence-electron chi connectivity index (χ1n) is 10.0. The molecule has 3 fully saturated rings. The number of rotatable bonds is 6. The van der Waals surface area contributed by atoms with Crippen LogP contribution in [-0.2, 0) is 19.1 Å². The number of nitrogens with zero attached hydrogens (tertiary/aromatic N) is 1. The van der Waals surface area contributed by atoms with Crippen LogP contribution in [0.15, 0.2) is 30.3 Å². The van der Waals surface area contributed by atoms with E-state index in [9.17, 15) is 19.2 Å². The molecule has 1 saturated heterocycles. The lowest BCUT2D eigenvalue weighted by atomic mass is 9.81. The Labute approximate surface area is 164 Å². The van der Waals surface area contributed by atoms with E-state index < -0.39 is 18.6 Å². The Morgan fingerprint density at radius 1 is 1.04 bits per heavy atom. The fourth-order valence-corrected chi connectivity index (χ4v) is 5.31. The van der Waals surface area contributed by atoms with Crippen LogP contribution < -0.4 is 0 Å². The number of benzene rings is 1. The molecule has 3 aliphatic rings. The Balaban J connectivity index is 1.48. The van der Waals surface area contributed by atoms with Gasteiger partial charge < -0.3 is 4.74 Å². The van der Waals surface area contributed by atoms with Crippen LogP contribution in [0.5, 0.6) is 0 Å². The predicted molar refractivity (Wildman–Crippen MR) is 100 cm³/mol. The number of fused-ring (bicyclic) bond motifs is 5. The first-order chi connectivity index (χ1) is 13.4. The summed E-state index contributed by atoms with van der Waals surface area (Å²) in [4.78, 5) is 52.2. The van der Waals surface area contributed by atoms with Crippen LogP contribution in [0.25, 0.3) is 0 Å². The molecule has 2 aliphatic carbocycles. The van der Waals surface area contributed by atoms with E-state index in [0.29, 0.717) is 5.56 Å². The van der Waals surface area contributed by atoms with Crippen LogP contribution in [0.3, 0.4) is 0 Å². The number of likely N-dealkylation sites (tertiary alicyclic amines) is 1. The van der Waals surface area contributed by atoms with E-state index in [4.69, 9.17) is 4.74 Å². The Morgan fingerprint density at radius 2 is 1.61 bits per heavy atom. The highest BCUT2D eigenvalue weighted by Gasteiger charge is 2.62. The summed E-state index contributed by atoms with van der Waals surface area (Å²) in [6.45, 7) is 3.17. The normalized spacial score (nSPS) is 29.3. The Hall–Kier alpha value is -2.50. The number of imide groups is 1. The van der Waals surface area contributed by atoms with Gasteiger partial charge in [0.1, 0.15) is 6.04 Å². The quantitative estimate of drug-likeness (QED) is 0.428. The molecule has 1 heterocycles. The van der Waals surface area contributed by atoms with Crippen molar-refractivity contribution in [2.45, 2.75) is 39.2 Å². The first-order valence-corrected chi connectivity index (χ1v) is 10.0. The molecule has 28 heavy (non-hydrogen) atoms. The average Bonchev–Trinajstić information content (AvgIpc) is 3.36. The summed E-state index contributed by atoms with van der Waals surface area (Å²) in [5.41, 5.74) is 0.454. The molecule has 1 aromatic rings. The second kappa shape index (κ2) is 7.15. The van der Waals surface area contributed by atoms with Crippen molar-refractivity contribution in [3.8, 4) is 0 Å². The fraction of sp³-hybridized carbons (Fsp3) is 0.545. The maximum absolute atomic E-state index is 13.0. The number of carbonyl (C=O) groups is 4. The molecule has 0 spiro atoms. The third-order valence-corrected chi connectivity index (χ3v) is 6.55. The van der Waals surface area contributed by atoms with Crippen LogP contribution in [0, 0.1) is 29.6 Å². The molecule has 2 bridgehead atoms. The molecule has 1 aliphatic heterocycles. The number of Topliss-reactive ketones (excluding diaryl/α,β-unsaturated/α-hetero) is 1. The summed E-state index contributed by atoms with van der Waals surface area (Å²) >= 11 is 0. The van der Waals surface area contributed by atoms with Gasteiger partial charge in [0, 0.05) is 5.56 Å². The number of hydrogen-bond acceptors (Lipinski definition) is 5. The maximum atomic E-state index is 13.0. The van der Waals surface area contributed by atoms with Gasteiger partial charge in [-0.2, -0.15) is 0 Å². The number of esters is 1. The summed E-state index contributed by atoms with van der Waals surface area (Å²) in [5.74, 6) is -1.76. The van der Waals surface area contributed by atoms with Crippen molar-refractivity contribution in [3.05, 3.63) is 35.9 Å². The summed E-state index contributed by atoms with van der Waals surface area (Å²) < 4.78 is 5.25. The zero-order valence-electron chi connectivity index (χ0n) is 16.2. The molecule has 6 nitrogen and oxygen atoms in total. The van der Waals surface area contributed by atoms with Gasteiger partial charge in [-0.05, 0) is 37.0 Å². The Kier molecular flexibility index (Phi) is 4.81. The summed E-state index contributed by atoms with van der Waals surface area (Å²) in [6.07, 6.45) is 2.92. The third kappa shape index (κ3) is 2.95. The lowest BCUT2D eigenvalue weighted by Gasteiger charge is -2.28. The van der Waals surface area contributed by atoms with Gasteiger partial charge in [0.05, 0.1) is 11.8 Å². The summed E-state index contributed by atoms with van der Waals surface area (Å²) in [6, 6.07) is 7.60. The molecule has 0 N–H and O–H groups in total. The number of amides is 2. The van der Waals surface area contributed by atoms with Gasteiger partial charge in [-0.15, -0.1) is 0 Å². The van der Waals surface area contributed by atoms with Crippen molar-refractivity contribution >= 4 is 23.6 Å². The molecular formula is C22H25NO5. The van der Waals surface area contributed by atoms with Crippen molar-refractivity contribution in [2.75, 3.05) is 6.61 Å². The van der Waals surface area contributed by atoms with E-state index in [-0.39, 0.29) is 47.2 Å². The van der Waals surface area contributed by atoms with Gasteiger partial charge in [0.25, 0.3) is 0 Å². The first kappa shape index (κ1) is 18.8. The van der Waals surface area contributed by atoms with Gasteiger partial charge in [0.2, 0.25) is 11.8 Å². The highest BCUT2D eigenvalue weighted by molar-refractivity contribution is 6.09. The molecule has 0 aromatic heterocycles. The van der Waals surface area contributed by atoms with Gasteiger partial charge in [0.15, 0.2) is 12.4 Å². The van der Waals surface area contributed by atoms with Crippen LogP contribution in [-0.4, -0.2) is 41.1 Å². The molecule has 2 amide bonds. The zero-order chi connectivity index (χ0) is 20.0. The summed E-state index contributed by atoms with van der Waals surface area (Å²) in [7, 11) is 0. The molecule has 2 saturated carbocycles. The SMILES string of the molecule is CC(C)[C@@H](C(=O)OCC(=O)c1ccccc1)N1C(=O)[C@H]2[C@H]3CC[C@@H](C3)[C@@H]2C1=O. The molecule has 5 atom stereocenters. The minimum absolute atomic E-state index is 0.229. The van der Waals surface area contributed by atoms with Gasteiger partial charge >= 0.3 is 5.97 Å². The highest BCUT2D eigenvalue weighted by atomic mass is 16.5. The van der Waals surface area contributed by atoms with E-state index in [2.05, 4.69) is 0 Å². The molecule has 6 heteroatoms. The highest BCUT2D eigenvalue weighted by Crippen LogP contribution is 2.56. The average molecular weight is 383 g/mol. The summed E-state index contributed by atoms with van der Waals surface area (Å²) in [5, 5.41) is 0. The van der Waals surface area contributed by atoms with Crippen molar-refractivity contribution in [1.29, 1.82) is 0 Å². The molecule has 148 valence electrons. The number of ketones is 1. The molecule has 4 rings (SSSR count). The standard InChI is InChI=1S/C22H25NO5/c1-12(2)19(22(27)28-11-16(24)13-6-4-3-5-7-13)23-20(25)17-14-8-9-15(10-14)18(17)21(23)26/h3-7,12,14-15,17-19H,8-11H2,1-2H3/t14-,15-,17-,18-,19-/m0/s1. The van der Waals surface area contributed by atoms with Crippen molar-refractivity contribution in [1.82, 2.24) is 4.90 Å². The minimum Gasteiger partial charge on any atom is -0.456 e. The second-order valence-corrected chi connectivity index (χ2v) is 8.52. The number of carbonyl (C=O) groups excluding carboxylic acids is 4. The Morgan fingerprint density at radius 3 is 2.14 bits per heavy atom. The molecule has 0 unspecified atom stereocenters. The van der Waals surface area contributed by atoms with Crippen LogP contribution in [0.2, 0.25) is 0 Å². The van der Waals surface area contributed by atoms with Crippen molar-refractivity contribution in [3.63, 3.8) is 0 Å². The molecular weight excluding hydrogens is 358 g/mol. The van der Waals surface area contributed by atoms with Crippen LogP contribution in [0.4, 0.5) is 0 Å².